The lowest BCUT2D eigenvalue weighted by molar-refractivity contribution is 0.0158. The van der Waals surface area contributed by atoms with E-state index in [1.54, 1.807) is 0 Å². The van der Waals surface area contributed by atoms with Gasteiger partial charge in [0, 0.05) is 0 Å². The van der Waals surface area contributed by atoms with Gasteiger partial charge in [0.1, 0.15) is 0 Å². The summed E-state index contributed by atoms with van der Waals surface area (Å²) < 4.78 is 6.38. The minimum absolute atomic E-state index is 0.436. The van der Waals surface area contributed by atoms with Crippen molar-refractivity contribution >= 4 is 0 Å². The Balaban J connectivity index is 2.28. The Kier molecular flexibility index (Phi) is 15.5. The first-order valence-corrected chi connectivity index (χ1v) is 12.0. The minimum Gasteiger partial charge on any atom is -0.374 e. The molecule has 0 spiro atoms. The molecule has 0 aliphatic rings. The molecule has 1 nitrogen and oxygen atoms in total. The summed E-state index contributed by atoms with van der Waals surface area (Å²) >= 11 is 0. The van der Waals surface area contributed by atoms with E-state index >= 15 is 0 Å². The van der Waals surface area contributed by atoms with Crippen molar-refractivity contribution in [3.8, 4) is 0 Å². The zero-order chi connectivity index (χ0) is 19.6. The summed E-state index contributed by atoms with van der Waals surface area (Å²) in [7, 11) is 0. The molecular weight excluding hydrogens is 328 g/mol. The summed E-state index contributed by atoms with van der Waals surface area (Å²) in [4.78, 5) is 0. The highest BCUT2D eigenvalue weighted by Crippen LogP contribution is 2.23. The van der Waals surface area contributed by atoms with Gasteiger partial charge in [0.25, 0.3) is 0 Å². The largest absolute Gasteiger partial charge is 0.374 e. The molecule has 0 aliphatic heterocycles. The average Bonchev–Trinajstić information content (AvgIpc) is 2.70. The van der Waals surface area contributed by atoms with Crippen LogP contribution >= 0.6 is 0 Å². The van der Waals surface area contributed by atoms with Crippen LogP contribution in [-0.2, 0) is 11.3 Å². The van der Waals surface area contributed by atoms with Gasteiger partial charge < -0.3 is 4.74 Å². The van der Waals surface area contributed by atoms with Gasteiger partial charge in [-0.25, -0.2) is 0 Å². The topological polar surface area (TPSA) is 9.23 Å². The van der Waals surface area contributed by atoms with Crippen molar-refractivity contribution in [2.45, 2.75) is 123 Å². The van der Waals surface area contributed by atoms with Crippen molar-refractivity contribution in [2.75, 3.05) is 0 Å². The van der Waals surface area contributed by atoms with Gasteiger partial charge in [-0.05, 0) is 24.3 Å². The second-order valence-corrected chi connectivity index (χ2v) is 8.33. The summed E-state index contributed by atoms with van der Waals surface area (Å²) in [6.45, 7) is 7.71. The van der Waals surface area contributed by atoms with Gasteiger partial charge in [-0.1, -0.05) is 128 Å². The normalized spacial score (nSPS) is 13.6. The first kappa shape index (κ1) is 24.2. The van der Waals surface area contributed by atoms with E-state index in [9.17, 15) is 0 Å². The monoisotopic (exact) mass is 374 g/mol. The van der Waals surface area contributed by atoms with Crippen LogP contribution in [0.15, 0.2) is 30.3 Å². The number of unbranched alkanes of at least 4 members (excludes halogenated alkanes) is 8. The molecule has 0 aliphatic carbocycles. The Labute approximate surface area is 170 Å². The quantitative estimate of drug-likeness (QED) is 0.233. The highest BCUT2D eigenvalue weighted by Gasteiger charge is 2.15. The molecule has 0 bridgehead atoms. The molecule has 2 atom stereocenters. The van der Waals surface area contributed by atoms with Crippen LogP contribution in [0.25, 0.3) is 0 Å². The molecule has 1 aromatic rings. The van der Waals surface area contributed by atoms with E-state index in [0.717, 1.165) is 12.5 Å². The van der Waals surface area contributed by atoms with Crippen LogP contribution in [-0.4, -0.2) is 6.10 Å². The molecule has 0 fully saturated rings. The summed E-state index contributed by atoms with van der Waals surface area (Å²) in [5.74, 6) is 0.828. The summed E-state index contributed by atoms with van der Waals surface area (Å²) in [5.41, 5.74) is 1.30. The predicted octanol–water partition coefficient (Wildman–Crippen LogP) is 8.71. The van der Waals surface area contributed by atoms with E-state index in [1.165, 1.54) is 95.5 Å². The van der Waals surface area contributed by atoms with Crippen LogP contribution in [0.2, 0.25) is 0 Å². The van der Waals surface area contributed by atoms with E-state index in [4.69, 9.17) is 4.74 Å². The van der Waals surface area contributed by atoms with Crippen molar-refractivity contribution < 1.29 is 4.74 Å². The lowest BCUT2D eigenvalue weighted by atomic mass is 9.92. The average molecular weight is 375 g/mol. The maximum absolute atomic E-state index is 6.38. The molecule has 0 N–H and O–H groups in total. The standard InChI is InChI=1S/C26H46O/c1-4-7-8-9-10-11-12-13-17-21-26(22-24(6-3)18-5-2)27-23-25-19-15-14-16-20-25/h14-16,19-20,24,26H,4-13,17-18,21-23H2,1-3H3/t24-,26-/m1/s1. The molecule has 0 saturated carbocycles. The first-order valence-electron chi connectivity index (χ1n) is 12.0. The Morgan fingerprint density at radius 2 is 1.33 bits per heavy atom. The van der Waals surface area contributed by atoms with Gasteiger partial charge in [0.2, 0.25) is 0 Å². The fourth-order valence-corrected chi connectivity index (χ4v) is 4.01. The molecule has 0 aromatic heterocycles. The van der Waals surface area contributed by atoms with Crippen LogP contribution in [0.4, 0.5) is 0 Å². The van der Waals surface area contributed by atoms with Crippen molar-refractivity contribution in [1.29, 1.82) is 0 Å². The van der Waals surface area contributed by atoms with Crippen LogP contribution in [0, 0.1) is 5.92 Å². The highest BCUT2D eigenvalue weighted by atomic mass is 16.5. The number of rotatable bonds is 18. The maximum atomic E-state index is 6.38. The van der Waals surface area contributed by atoms with E-state index in [1.807, 2.05) is 0 Å². The van der Waals surface area contributed by atoms with Gasteiger partial charge in [0.15, 0.2) is 0 Å². The van der Waals surface area contributed by atoms with Gasteiger partial charge >= 0.3 is 0 Å². The summed E-state index contributed by atoms with van der Waals surface area (Å²) in [6.07, 6.45) is 19.5. The van der Waals surface area contributed by atoms with Crippen molar-refractivity contribution in [3.05, 3.63) is 35.9 Å². The second kappa shape index (κ2) is 17.3. The third kappa shape index (κ3) is 13.1. The fourth-order valence-electron chi connectivity index (χ4n) is 4.01. The highest BCUT2D eigenvalue weighted by molar-refractivity contribution is 5.13. The van der Waals surface area contributed by atoms with Crippen LogP contribution in [0.5, 0.6) is 0 Å². The molecule has 1 rings (SSSR count). The second-order valence-electron chi connectivity index (χ2n) is 8.33. The first-order chi connectivity index (χ1) is 13.3. The lowest BCUT2D eigenvalue weighted by Gasteiger charge is -2.23. The van der Waals surface area contributed by atoms with Crippen LogP contribution in [0.1, 0.15) is 116 Å². The molecule has 1 aromatic carbocycles. The van der Waals surface area contributed by atoms with Crippen molar-refractivity contribution in [2.24, 2.45) is 5.92 Å². The predicted molar refractivity (Wildman–Crippen MR) is 120 cm³/mol. The molecule has 156 valence electrons. The van der Waals surface area contributed by atoms with Crippen molar-refractivity contribution in [1.82, 2.24) is 0 Å². The zero-order valence-electron chi connectivity index (χ0n) is 18.6. The van der Waals surface area contributed by atoms with E-state index in [-0.39, 0.29) is 0 Å². The Hall–Kier alpha value is -0.820. The Morgan fingerprint density at radius 3 is 1.93 bits per heavy atom. The Morgan fingerprint density at radius 1 is 0.704 bits per heavy atom. The third-order valence-corrected chi connectivity index (χ3v) is 5.83. The summed E-state index contributed by atoms with van der Waals surface area (Å²) in [5, 5.41) is 0. The van der Waals surface area contributed by atoms with Crippen LogP contribution in [0.3, 0.4) is 0 Å². The van der Waals surface area contributed by atoms with Gasteiger partial charge in [-0.15, -0.1) is 0 Å². The van der Waals surface area contributed by atoms with Crippen LogP contribution < -0.4 is 0 Å². The fraction of sp³-hybridized carbons (Fsp3) is 0.769. The summed E-state index contributed by atoms with van der Waals surface area (Å²) in [6, 6.07) is 10.7. The van der Waals surface area contributed by atoms with Crippen molar-refractivity contribution in [3.63, 3.8) is 0 Å². The minimum atomic E-state index is 0.436. The van der Waals surface area contributed by atoms with Gasteiger partial charge in [-0.3, -0.25) is 0 Å². The number of benzene rings is 1. The SMILES string of the molecule is CCCCCCCCCCC[C@H](C[C@H](CC)CCC)OCc1ccccc1. The molecular formula is C26H46O. The molecule has 1 heteroatoms. The molecule has 0 saturated heterocycles. The maximum Gasteiger partial charge on any atom is 0.0720 e. The Bertz CT molecular complexity index is 413. The number of hydrogen-bond acceptors (Lipinski definition) is 1. The molecule has 0 unspecified atom stereocenters. The van der Waals surface area contributed by atoms with Gasteiger partial charge in [0.05, 0.1) is 12.7 Å². The van der Waals surface area contributed by atoms with E-state index in [2.05, 4.69) is 51.1 Å². The number of hydrogen-bond donors (Lipinski definition) is 0. The van der Waals surface area contributed by atoms with Gasteiger partial charge in [-0.2, -0.15) is 0 Å². The lowest BCUT2D eigenvalue weighted by Crippen LogP contribution is -2.18. The molecule has 0 radical (unpaired) electrons. The molecule has 27 heavy (non-hydrogen) atoms. The number of ether oxygens (including phenoxy) is 1. The smallest absolute Gasteiger partial charge is 0.0720 e. The zero-order valence-corrected chi connectivity index (χ0v) is 18.6. The third-order valence-electron chi connectivity index (χ3n) is 5.83. The van der Waals surface area contributed by atoms with E-state index < -0.39 is 0 Å². The van der Waals surface area contributed by atoms with E-state index in [0.29, 0.717) is 6.10 Å². The molecule has 0 amide bonds. The molecule has 0 heterocycles.